The van der Waals surface area contributed by atoms with Crippen LogP contribution in [0.25, 0.3) is 22.5 Å². The van der Waals surface area contributed by atoms with Crippen LogP contribution in [0.5, 0.6) is 0 Å². The van der Waals surface area contributed by atoms with E-state index >= 15 is 0 Å². The molecule has 0 aliphatic carbocycles. The van der Waals surface area contributed by atoms with Crippen molar-refractivity contribution in [3.05, 3.63) is 72.6 Å². The molecule has 0 fully saturated rings. The van der Waals surface area contributed by atoms with Crippen LogP contribution in [0.1, 0.15) is 39.1 Å². The van der Waals surface area contributed by atoms with Crippen LogP contribution in [0.15, 0.2) is 61.2 Å². The van der Waals surface area contributed by atoms with E-state index in [1.54, 1.807) is 24.8 Å². The number of rotatable bonds is 2. The quantitative estimate of drug-likeness (QED) is 0.208. The van der Waals surface area contributed by atoms with Gasteiger partial charge in [-0.2, -0.15) is 0 Å². The fourth-order valence-corrected chi connectivity index (χ4v) is 2.51. The minimum atomic E-state index is -1.08. The van der Waals surface area contributed by atoms with Gasteiger partial charge >= 0.3 is 34.1 Å². The number of carbonyl (C=O) groups excluding carboxylic acids is 4. The zero-order chi connectivity index (χ0) is 34.2. The van der Waals surface area contributed by atoms with Gasteiger partial charge in [0.25, 0.3) is 0 Å². The number of aryl methyl sites for hydroxylation is 2. The maximum absolute atomic E-state index is 8.89. The molecule has 4 aromatic heterocycles. The van der Waals surface area contributed by atoms with E-state index in [0.29, 0.717) is 11.9 Å². The normalized spacial score (nSPS) is 8.30. The summed E-state index contributed by atoms with van der Waals surface area (Å²) in [5.74, 6) is -3.74. The molecule has 0 bridgehead atoms. The fraction of sp³-hybridized carbons (Fsp3) is 0.214. The van der Waals surface area contributed by atoms with Crippen LogP contribution in [0.3, 0.4) is 0 Å². The number of hydrogen-bond acceptors (Lipinski definition) is 16. The molecule has 0 amide bonds. The van der Waals surface area contributed by atoms with Gasteiger partial charge in [0, 0.05) is 71.2 Å². The Kier molecular flexibility index (Phi) is 28.7. The van der Waals surface area contributed by atoms with E-state index in [1.165, 1.54) is 0 Å². The first-order valence-corrected chi connectivity index (χ1v) is 12.2. The van der Waals surface area contributed by atoms with Crippen molar-refractivity contribution in [3.8, 4) is 22.5 Å². The Hall–Kier alpha value is -5.02. The van der Waals surface area contributed by atoms with Crippen LogP contribution in [0.2, 0.25) is 0 Å². The number of hydrogen-bond donors (Lipinski definition) is 2. The third kappa shape index (κ3) is 30.4. The summed E-state index contributed by atoms with van der Waals surface area (Å²) < 4.78 is 0. The first-order chi connectivity index (χ1) is 20.4. The second-order valence-electron chi connectivity index (χ2n) is 7.96. The molecule has 46 heavy (non-hydrogen) atoms. The molecule has 0 atom stereocenters. The summed E-state index contributed by atoms with van der Waals surface area (Å²) in [6, 6.07) is 11.4. The topological polar surface area (TPSA) is 290 Å². The van der Waals surface area contributed by atoms with Crippen molar-refractivity contribution >= 4 is 35.8 Å². The number of nitrogens with zero attached hydrogens (tertiary/aromatic N) is 6. The standard InChI is InChI=1S/2C10H10N4.4C2H4O2.2Cu/c2*1-7-5-9(14-10(11)13-7)8-3-2-4-12-6-8;4*1-2(3)4;;/h2*2-6H,1H3,(H2,11,13,14);4*1H3,(H,3,4);;/q;;;;;;2*+2/p-4. The van der Waals surface area contributed by atoms with Gasteiger partial charge in [0.2, 0.25) is 11.9 Å². The molecule has 4 N–H and O–H groups in total. The number of carbonyl (C=O) groups is 4. The van der Waals surface area contributed by atoms with Gasteiger partial charge in [-0.15, -0.1) is 0 Å². The Bertz CT molecular complexity index is 1280. The molecule has 4 rings (SSSR count). The van der Waals surface area contributed by atoms with Gasteiger partial charge in [-0.25, -0.2) is 19.9 Å². The summed E-state index contributed by atoms with van der Waals surface area (Å²) in [5.41, 5.74) is 16.3. The monoisotopic (exact) mass is 734 g/mol. The summed E-state index contributed by atoms with van der Waals surface area (Å²) in [5, 5.41) is 35.6. The molecule has 18 heteroatoms. The van der Waals surface area contributed by atoms with Crippen LogP contribution in [-0.4, -0.2) is 53.8 Å². The van der Waals surface area contributed by atoms with Crippen LogP contribution in [0, 0.1) is 13.8 Å². The molecule has 2 radical (unpaired) electrons. The van der Waals surface area contributed by atoms with Gasteiger partial charge in [-0.3, -0.25) is 9.97 Å². The average Bonchev–Trinajstić information content (AvgIpc) is 2.88. The first-order valence-electron chi connectivity index (χ1n) is 12.2. The molecule has 254 valence electrons. The predicted molar refractivity (Wildman–Crippen MR) is 152 cm³/mol. The molecular weight excluding hydrogens is 703 g/mol. The maximum Gasteiger partial charge on any atom is 2.00 e. The molecule has 0 aliphatic heterocycles. The van der Waals surface area contributed by atoms with Crippen LogP contribution < -0.4 is 31.9 Å². The average molecular weight is 736 g/mol. The van der Waals surface area contributed by atoms with Crippen molar-refractivity contribution in [3.63, 3.8) is 0 Å². The van der Waals surface area contributed by atoms with Gasteiger partial charge < -0.3 is 51.1 Å². The fourth-order valence-electron chi connectivity index (χ4n) is 2.51. The molecule has 4 heterocycles. The smallest absolute Gasteiger partial charge is 0.550 e. The Labute approximate surface area is 286 Å². The van der Waals surface area contributed by atoms with Crippen molar-refractivity contribution in [2.75, 3.05) is 11.5 Å². The molecule has 0 aliphatic rings. The summed E-state index contributed by atoms with van der Waals surface area (Å²) in [6.07, 6.45) is 6.95. The number of anilines is 2. The maximum atomic E-state index is 8.89. The molecule has 0 unspecified atom stereocenters. The first kappa shape index (κ1) is 47.9. The molecular formula is C28H32Cu2N8O8. The van der Waals surface area contributed by atoms with Gasteiger partial charge in [-0.1, -0.05) is 0 Å². The zero-order valence-electron chi connectivity index (χ0n) is 25.5. The second-order valence-corrected chi connectivity index (χ2v) is 7.96. The van der Waals surface area contributed by atoms with E-state index in [9.17, 15) is 0 Å². The largest absolute Gasteiger partial charge is 2.00 e. The predicted octanol–water partition coefficient (Wildman–Crippen LogP) is -2.12. The Morgan fingerprint density at radius 1 is 0.565 bits per heavy atom. The number of aromatic nitrogens is 6. The van der Waals surface area contributed by atoms with Crippen LogP contribution >= 0.6 is 0 Å². The second kappa shape index (κ2) is 27.5. The van der Waals surface area contributed by atoms with E-state index in [0.717, 1.165) is 61.6 Å². The Balaban J connectivity index is -0.000000257. The Morgan fingerprint density at radius 2 is 0.826 bits per heavy atom. The summed E-state index contributed by atoms with van der Waals surface area (Å²) >= 11 is 0. The van der Waals surface area contributed by atoms with Crippen LogP contribution in [0.4, 0.5) is 11.9 Å². The van der Waals surface area contributed by atoms with Crippen molar-refractivity contribution in [2.24, 2.45) is 0 Å². The van der Waals surface area contributed by atoms with Gasteiger partial charge in [-0.05, 0) is 77.9 Å². The SMILES string of the molecule is CC(=O)[O-].CC(=O)[O-].CC(=O)[O-].CC(=O)[O-].Cc1cc(-c2cccnc2)nc(N)n1.Cc1cc(-c2cccnc2)nc(N)n1.[Cu+2].[Cu+2]. The van der Waals surface area contributed by atoms with E-state index in [2.05, 4.69) is 29.9 Å². The summed E-state index contributed by atoms with van der Waals surface area (Å²) in [4.78, 5) is 59.9. The number of carboxylic acids is 4. The molecule has 0 saturated heterocycles. The van der Waals surface area contributed by atoms with E-state index in [-0.39, 0.29) is 34.1 Å². The van der Waals surface area contributed by atoms with Crippen molar-refractivity contribution in [1.29, 1.82) is 0 Å². The van der Waals surface area contributed by atoms with E-state index < -0.39 is 23.9 Å². The number of aliphatic carboxylic acids is 4. The van der Waals surface area contributed by atoms with Crippen LogP contribution in [-0.2, 0) is 53.3 Å². The van der Waals surface area contributed by atoms with Gasteiger partial charge in [0.05, 0.1) is 11.4 Å². The summed E-state index contributed by atoms with van der Waals surface area (Å²) in [7, 11) is 0. The number of nitrogens with two attached hydrogens (primary N) is 2. The summed E-state index contributed by atoms with van der Waals surface area (Å²) in [6.45, 7) is 7.66. The zero-order valence-corrected chi connectivity index (χ0v) is 27.4. The third-order valence-corrected chi connectivity index (χ3v) is 3.66. The van der Waals surface area contributed by atoms with E-state index in [4.69, 9.17) is 51.1 Å². The van der Waals surface area contributed by atoms with Crippen molar-refractivity contribution in [1.82, 2.24) is 29.9 Å². The van der Waals surface area contributed by atoms with Gasteiger partial charge in [0.15, 0.2) is 0 Å². The van der Waals surface area contributed by atoms with Crippen molar-refractivity contribution < 1.29 is 73.7 Å². The van der Waals surface area contributed by atoms with Gasteiger partial charge in [0.1, 0.15) is 0 Å². The Morgan fingerprint density at radius 3 is 1.02 bits per heavy atom. The number of carboxylic acid groups (broad SMARTS) is 4. The minimum absolute atomic E-state index is 0. The molecule has 16 nitrogen and oxygen atoms in total. The molecule has 0 aromatic carbocycles. The molecule has 0 spiro atoms. The minimum Gasteiger partial charge on any atom is -0.550 e. The van der Waals surface area contributed by atoms with Crippen molar-refractivity contribution in [2.45, 2.75) is 41.5 Å². The molecule has 4 aromatic rings. The third-order valence-electron chi connectivity index (χ3n) is 3.66. The molecule has 0 saturated carbocycles. The number of nitrogen functional groups attached to an aromatic ring is 2. The number of pyridine rings is 2. The van der Waals surface area contributed by atoms with E-state index in [1.807, 2.05) is 50.2 Å².